The van der Waals surface area contributed by atoms with E-state index in [-0.39, 0.29) is 6.03 Å². The lowest BCUT2D eigenvalue weighted by Crippen LogP contribution is -2.41. The van der Waals surface area contributed by atoms with E-state index in [1.165, 1.54) is 0 Å². The molecule has 2 amide bonds. The molecule has 20 heavy (non-hydrogen) atoms. The minimum Gasteiger partial charge on any atom is -0.330 e. The summed E-state index contributed by atoms with van der Waals surface area (Å²) in [6.45, 7) is 2.27. The first-order valence-electron chi connectivity index (χ1n) is 6.81. The Kier molecular flexibility index (Phi) is 5.52. The summed E-state index contributed by atoms with van der Waals surface area (Å²) in [5.41, 5.74) is 6.23. The Morgan fingerprint density at radius 3 is 2.60 bits per heavy atom. The van der Waals surface area contributed by atoms with Gasteiger partial charge in [0.05, 0.1) is 10.0 Å². The van der Waals surface area contributed by atoms with Crippen molar-refractivity contribution in [2.45, 2.75) is 19.3 Å². The van der Waals surface area contributed by atoms with Gasteiger partial charge in [0.1, 0.15) is 0 Å². The highest BCUT2D eigenvalue weighted by molar-refractivity contribution is 6.42. The zero-order valence-corrected chi connectivity index (χ0v) is 12.8. The molecule has 0 aromatic heterocycles. The summed E-state index contributed by atoms with van der Waals surface area (Å²) in [4.78, 5) is 14.0. The van der Waals surface area contributed by atoms with Crippen molar-refractivity contribution in [2.75, 3.05) is 25.0 Å². The molecule has 1 aromatic rings. The van der Waals surface area contributed by atoms with Crippen LogP contribution in [0.25, 0.3) is 0 Å². The zero-order chi connectivity index (χ0) is 14.5. The normalized spacial score (nSPS) is 16.2. The third kappa shape index (κ3) is 4.01. The van der Waals surface area contributed by atoms with Gasteiger partial charge in [-0.15, -0.1) is 0 Å². The summed E-state index contributed by atoms with van der Waals surface area (Å²) >= 11 is 11.8. The topological polar surface area (TPSA) is 58.4 Å². The fourth-order valence-electron chi connectivity index (χ4n) is 2.44. The number of nitrogens with one attached hydrogen (secondary N) is 1. The second-order valence-electron chi connectivity index (χ2n) is 5.07. The first-order chi connectivity index (χ1) is 9.60. The SMILES string of the molecule is NCCC1CCN(C(=O)Nc2ccc(Cl)c(Cl)c2)CC1. The summed E-state index contributed by atoms with van der Waals surface area (Å²) in [7, 11) is 0. The molecule has 0 unspecified atom stereocenters. The number of urea groups is 1. The lowest BCUT2D eigenvalue weighted by atomic mass is 9.94. The van der Waals surface area contributed by atoms with E-state index >= 15 is 0 Å². The van der Waals surface area contributed by atoms with Crippen molar-refractivity contribution in [1.82, 2.24) is 4.90 Å². The highest BCUT2D eigenvalue weighted by Gasteiger charge is 2.22. The minimum atomic E-state index is -0.0883. The van der Waals surface area contributed by atoms with Gasteiger partial charge in [-0.1, -0.05) is 23.2 Å². The highest BCUT2D eigenvalue weighted by atomic mass is 35.5. The average Bonchev–Trinajstić information content (AvgIpc) is 2.44. The molecule has 1 aromatic carbocycles. The number of rotatable bonds is 3. The minimum absolute atomic E-state index is 0.0883. The van der Waals surface area contributed by atoms with E-state index in [1.807, 2.05) is 4.90 Å². The van der Waals surface area contributed by atoms with Crippen molar-refractivity contribution in [3.63, 3.8) is 0 Å². The molecule has 1 fully saturated rings. The molecule has 110 valence electrons. The molecular formula is C14H19Cl2N3O. The Hall–Kier alpha value is -0.970. The number of nitrogens with zero attached hydrogens (tertiary/aromatic N) is 1. The first-order valence-corrected chi connectivity index (χ1v) is 7.57. The summed E-state index contributed by atoms with van der Waals surface area (Å²) in [6, 6.07) is 4.98. The van der Waals surface area contributed by atoms with Crippen LogP contribution in [0.15, 0.2) is 18.2 Å². The number of benzene rings is 1. The standard InChI is InChI=1S/C14H19Cl2N3O/c15-12-2-1-11(9-13(12)16)18-14(20)19-7-4-10(3-6-17)5-8-19/h1-2,9-10H,3-8,17H2,(H,18,20). The third-order valence-corrected chi connectivity index (χ3v) is 4.39. The number of amides is 2. The molecule has 2 rings (SSSR count). The monoisotopic (exact) mass is 315 g/mol. The number of piperidine rings is 1. The number of halogens is 2. The quantitative estimate of drug-likeness (QED) is 0.895. The summed E-state index contributed by atoms with van der Waals surface area (Å²) in [5, 5.41) is 3.76. The van der Waals surface area contributed by atoms with Crippen LogP contribution >= 0.6 is 23.2 Å². The number of hydrogen-bond donors (Lipinski definition) is 2. The van der Waals surface area contributed by atoms with Gasteiger partial charge in [-0.05, 0) is 49.9 Å². The second kappa shape index (κ2) is 7.16. The van der Waals surface area contributed by atoms with Gasteiger partial charge in [-0.25, -0.2) is 4.79 Å². The molecule has 1 saturated heterocycles. The molecule has 3 N–H and O–H groups in total. The van der Waals surface area contributed by atoms with Crippen LogP contribution in [-0.4, -0.2) is 30.6 Å². The average molecular weight is 316 g/mol. The number of hydrogen-bond acceptors (Lipinski definition) is 2. The Balaban J connectivity index is 1.88. The van der Waals surface area contributed by atoms with E-state index in [0.717, 1.165) is 38.9 Å². The van der Waals surface area contributed by atoms with Crippen molar-refractivity contribution < 1.29 is 4.79 Å². The van der Waals surface area contributed by atoms with E-state index < -0.39 is 0 Å². The Bertz CT molecular complexity index is 473. The van der Waals surface area contributed by atoms with Crippen LogP contribution in [0.2, 0.25) is 10.0 Å². The fourth-order valence-corrected chi connectivity index (χ4v) is 2.73. The molecular weight excluding hydrogens is 297 g/mol. The molecule has 1 aliphatic rings. The number of nitrogens with two attached hydrogens (primary N) is 1. The van der Waals surface area contributed by atoms with Crippen molar-refractivity contribution in [2.24, 2.45) is 11.7 Å². The molecule has 0 bridgehead atoms. The molecule has 0 atom stereocenters. The maximum atomic E-state index is 12.1. The zero-order valence-electron chi connectivity index (χ0n) is 11.2. The van der Waals surface area contributed by atoms with E-state index in [1.54, 1.807) is 18.2 Å². The lowest BCUT2D eigenvalue weighted by molar-refractivity contribution is 0.180. The molecule has 0 aliphatic carbocycles. The van der Waals surface area contributed by atoms with Crippen LogP contribution in [0.3, 0.4) is 0 Å². The van der Waals surface area contributed by atoms with Crippen molar-refractivity contribution >= 4 is 34.9 Å². The Labute approximate surface area is 129 Å². The lowest BCUT2D eigenvalue weighted by Gasteiger charge is -2.31. The number of likely N-dealkylation sites (tertiary alicyclic amines) is 1. The van der Waals surface area contributed by atoms with Crippen LogP contribution in [0, 0.1) is 5.92 Å². The maximum absolute atomic E-state index is 12.1. The number of carbonyl (C=O) groups is 1. The van der Waals surface area contributed by atoms with Gasteiger partial charge in [0.2, 0.25) is 0 Å². The highest BCUT2D eigenvalue weighted by Crippen LogP contribution is 2.26. The van der Waals surface area contributed by atoms with Crippen molar-refractivity contribution in [3.8, 4) is 0 Å². The van der Waals surface area contributed by atoms with Gasteiger partial charge < -0.3 is 16.0 Å². The molecule has 0 radical (unpaired) electrons. The molecule has 0 saturated carbocycles. The van der Waals surface area contributed by atoms with E-state index in [0.29, 0.717) is 21.7 Å². The van der Waals surface area contributed by atoms with Gasteiger partial charge in [-0.3, -0.25) is 0 Å². The van der Waals surface area contributed by atoms with Gasteiger partial charge in [0, 0.05) is 18.8 Å². The van der Waals surface area contributed by atoms with Gasteiger partial charge >= 0.3 is 6.03 Å². The molecule has 4 nitrogen and oxygen atoms in total. The summed E-state index contributed by atoms with van der Waals surface area (Å²) < 4.78 is 0. The second-order valence-corrected chi connectivity index (χ2v) is 5.88. The molecule has 1 heterocycles. The van der Waals surface area contributed by atoms with Gasteiger partial charge in [-0.2, -0.15) is 0 Å². The summed E-state index contributed by atoms with van der Waals surface area (Å²) in [5.74, 6) is 0.647. The summed E-state index contributed by atoms with van der Waals surface area (Å²) in [6.07, 6.45) is 3.08. The van der Waals surface area contributed by atoms with Crippen LogP contribution < -0.4 is 11.1 Å². The maximum Gasteiger partial charge on any atom is 0.321 e. The molecule has 6 heteroatoms. The van der Waals surface area contributed by atoms with Crippen LogP contribution in [-0.2, 0) is 0 Å². The smallest absolute Gasteiger partial charge is 0.321 e. The first kappa shape index (κ1) is 15.4. The van der Waals surface area contributed by atoms with Crippen molar-refractivity contribution in [1.29, 1.82) is 0 Å². The van der Waals surface area contributed by atoms with Gasteiger partial charge in [0.15, 0.2) is 0 Å². The fraction of sp³-hybridized carbons (Fsp3) is 0.500. The number of anilines is 1. The van der Waals surface area contributed by atoms with E-state index in [2.05, 4.69) is 5.32 Å². The van der Waals surface area contributed by atoms with Crippen LogP contribution in [0.5, 0.6) is 0 Å². The molecule has 0 spiro atoms. The third-order valence-electron chi connectivity index (χ3n) is 3.65. The van der Waals surface area contributed by atoms with Crippen molar-refractivity contribution in [3.05, 3.63) is 28.2 Å². The Morgan fingerprint density at radius 2 is 2.00 bits per heavy atom. The molecule has 1 aliphatic heterocycles. The predicted molar refractivity (Wildman–Crippen MR) is 83.4 cm³/mol. The van der Waals surface area contributed by atoms with Crippen LogP contribution in [0.4, 0.5) is 10.5 Å². The van der Waals surface area contributed by atoms with Crippen LogP contribution in [0.1, 0.15) is 19.3 Å². The Morgan fingerprint density at radius 1 is 1.30 bits per heavy atom. The van der Waals surface area contributed by atoms with Gasteiger partial charge in [0.25, 0.3) is 0 Å². The largest absolute Gasteiger partial charge is 0.330 e. The van der Waals surface area contributed by atoms with E-state index in [4.69, 9.17) is 28.9 Å². The van der Waals surface area contributed by atoms with E-state index in [9.17, 15) is 4.79 Å². The number of carbonyl (C=O) groups excluding carboxylic acids is 1. The predicted octanol–water partition coefficient (Wildman–Crippen LogP) is 3.59.